The molecule has 3 aromatic heterocycles. The van der Waals surface area contributed by atoms with E-state index in [9.17, 15) is 5.26 Å². The summed E-state index contributed by atoms with van der Waals surface area (Å²) < 4.78 is 1.97. The fourth-order valence-electron chi connectivity index (χ4n) is 3.63. The van der Waals surface area contributed by atoms with Gasteiger partial charge in [0.25, 0.3) is 0 Å². The van der Waals surface area contributed by atoms with Crippen molar-refractivity contribution in [3.63, 3.8) is 0 Å². The van der Waals surface area contributed by atoms with Crippen molar-refractivity contribution in [3.05, 3.63) is 71.5 Å². The first kappa shape index (κ1) is 19.9. The van der Waals surface area contributed by atoms with Crippen molar-refractivity contribution in [2.45, 2.75) is 19.3 Å². The number of nitrogens with zero attached hydrogens (tertiary/aromatic N) is 6. The minimum absolute atomic E-state index is 0.296. The third-order valence-electron chi connectivity index (χ3n) is 5.57. The molecule has 0 aliphatic heterocycles. The van der Waals surface area contributed by atoms with Crippen LogP contribution in [0, 0.1) is 11.3 Å². The van der Waals surface area contributed by atoms with Crippen molar-refractivity contribution in [1.82, 2.24) is 24.6 Å². The molecule has 7 nitrogen and oxygen atoms in total. The van der Waals surface area contributed by atoms with E-state index in [0.29, 0.717) is 22.3 Å². The van der Waals surface area contributed by atoms with Gasteiger partial charge in [0, 0.05) is 17.3 Å². The smallest absolute Gasteiger partial charge is 0.180 e. The Bertz CT molecular complexity index is 1530. The van der Waals surface area contributed by atoms with Crippen molar-refractivity contribution in [2.24, 2.45) is 0 Å². The van der Waals surface area contributed by atoms with Gasteiger partial charge in [-0.1, -0.05) is 41.9 Å². The van der Waals surface area contributed by atoms with Gasteiger partial charge in [0.2, 0.25) is 0 Å². The average Bonchev–Trinajstić information content (AvgIpc) is 3.25. The quantitative estimate of drug-likeness (QED) is 0.422. The zero-order chi connectivity index (χ0) is 22.5. The summed E-state index contributed by atoms with van der Waals surface area (Å²) in [7, 11) is 0. The Morgan fingerprint density at radius 3 is 2.41 bits per heavy atom. The number of nitrogens with two attached hydrogens (primary N) is 1. The van der Waals surface area contributed by atoms with E-state index < -0.39 is 5.41 Å². The van der Waals surface area contributed by atoms with Crippen LogP contribution in [0.4, 0.5) is 5.82 Å². The maximum atomic E-state index is 9.41. The van der Waals surface area contributed by atoms with E-state index in [-0.39, 0.29) is 0 Å². The third-order valence-corrected chi connectivity index (χ3v) is 5.87. The monoisotopic (exact) mass is 439 g/mol. The van der Waals surface area contributed by atoms with Crippen LogP contribution in [-0.2, 0) is 5.41 Å². The molecule has 2 aromatic carbocycles. The van der Waals surface area contributed by atoms with E-state index in [4.69, 9.17) is 17.3 Å². The molecule has 0 saturated heterocycles. The van der Waals surface area contributed by atoms with Gasteiger partial charge >= 0.3 is 0 Å². The molecule has 0 spiro atoms. The third kappa shape index (κ3) is 3.22. The van der Waals surface area contributed by atoms with Gasteiger partial charge in [-0.25, -0.2) is 4.98 Å². The topological polar surface area (TPSA) is 106 Å². The molecule has 0 aliphatic rings. The van der Waals surface area contributed by atoms with Gasteiger partial charge in [-0.15, -0.1) is 10.2 Å². The number of pyridine rings is 1. The van der Waals surface area contributed by atoms with Gasteiger partial charge in [-0.2, -0.15) is 5.26 Å². The van der Waals surface area contributed by atoms with Crippen molar-refractivity contribution in [2.75, 3.05) is 5.73 Å². The van der Waals surface area contributed by atoms with Gasteiger partial charge in [0.15, 0.2) is 11.5 Å². The first-order chi connectivity index (χ1) is 15.4. The highest BCUT2D eigenvalue weighted by molar-refractivity contribution is 6.33. The van der Waals surface area contributed by atoms with E-state index in [1.807, 2.05) is 60.7 Å². The molecule has 32 heavy (non-hydrogen) atoms. The van der Waals surface area contributed by atoms with Crippen LogP contribution in [0.15, 0.2) is 60.9 Å². The maximum absolute atomic E-state index is 9.41. The number of benzene rings is 2. The second-order valence-corrected chi connectivity index (χ2v) is 8.49. The summed E-state index contributed by atoms with van der Waals surface area (Å²) in [6.07, 6.45) is 3.39. The number of halogens is 1. The average molecular weight is 440 g/mol. The van der Waals surface area contributed by atoms with Crippen molar-refractivity contribution in [1.29, 1.82) is 5.26 Å². The summed E-state index contributed by atoms with van der Waals surface area (Å²) in [5.41, 5.74) is 11.1. The van der Waals surface area contributed by atoms with Gasteiger partial charge in [-0.05, 0) is 43.2 Å². The van der Waals surface area contributed by atoms with E-state index in [1.54, 1.807) is 18.5 Å². The number of anilines is 1. The summed E-state index contributed by atoms with van der Waals surface area (Å²) in [5.74, 6) is 0.990. The molecule has 3 heterocycles. The summed E-state index contributed by atoms with van der Waals surface area (Å²) in [5, 5.41) is 18.5. The number of rotatable bonds is 3. The van der Waals surface area contributed by atoms with Crippen LogP contribution in [0.3, 0.4) is 0 Å². The van der Waals surface area contributed by atoms with Crippen LogP contribution in [0.5, 0.6) is 0 Å². The van der Waals surface area contributed by atoms with Gasteiger partial charge in [0.05, 0.1) is 33.7 Å². The molecular weight excluding hydrogens is 422 g/mol. The Morgan fingerprint density at radius 2 is 1.69 bits per heavy atom. The Kier molecular flexibility index (Phi) is 4.54. The number of nitriles is 1. The summed E-state index contributed by atoms with van der Waals surface area (Å²) in [6, 6.07) is 17.9. The molecule has 0 amide bonds. The standard InChI is InChI=1S/C24H18ClN7/c1-24(2,13-26)17-6-3-14(4-7-17)23-31-30-21-12-28-19-8-5-15(10-20(19)32(21)23)16-9-18(25)22(27)29-11-16/h3-12H,1-2H3,(H2,27,29). The molecule has 0 radical (unpaired) electrons. The lowest BCUT2D eigenvalue weighted by molar-refractivity contribution is 0.687. The highest BCUT2D eigenvalue weighted by Gasteiger charge is 2.20. The molecule has 0 bridgehead atoms. The lowest BCUT2D eigenvalue weighted by Crippen LogP contribution is -2.13. The van der Waals surface area contributed by atoms with Crippen LogP contribution in [0.25, 0.3) is 39.2 Å². The molecule has 156 valence electrons. The van der Waals surface area contributed by atoms with Crippen molar-refractivity contribution < 1.29 is 0 Å². The second-order valence-electron chi connectivity index (χ2n) is 8.08. The zero-order valence-corrected chi connectivity index (χ0v) is 18.2. The second kappa shape index (κ2) is 7.29. The van der Waals surface area contributed by atoms with E-state index in [2.05, 4.69) is 26.2 Å². The SMILES string of the molecule is CC(C)(C#N)c1ccc(-c2nnc3cnc4ccc(-c5cnc(N)c(Cl)c5)cc4n23)cc1. The summed E-state index contributed by atoms with van der Waals surface area (Å²) in [4.78, 5) is 8.68. The number of hydrogen-bond acceptors (Lipinski definition) is 6. The van der Waals surface area contributed by atoms with Crippen LogP contribution in [0.2, 0.25) is 5.02 Å². The lowest BCUT2D eigenvalue weighted by atomic mass is 9.86. The van der Waals surface area contributed by atoms with Crippen LogP contribution < -0.4 is 5.73 Å². The maximum Gasteiger partial charge on any atom is 0.180 e. The molecule has 0 unspecified atom stereocenters. The van der Waals surface area contributed by atoms with Gasteiger partial charge in [0.1, 0.15) is 5.82 Å². The van der Waals surface area contributed by atoms with Crippen molar-refractivity contribution in [3.8, 4) is 28.6 Å². The normalized spacial score (nSPS) is 11.7. The van der Waals surface area contributed by atoms with Crippen molar-refractivity contribution >= 4 is 34.1 Å². The first-order valence-corrected chi connectivity index (χ1v) is 10.3. The zero-order valence-electron chi connectivity index (χ0n) is 17.4. The summed E-state index contributed by atoms with van der Waals surface area (Å²) in [6.45, 7) is 3.79. The Labute approximate surface area is 189 Å². The number of nitrogen functional groups attached to an aromatic ring is 1. The minimum Gasteiger partial charge on any atom is -0.382 e. The molecule has 0 fully saturated rings. The molecule has 5 aromatic rings. The van der Waals surface area contributed by atoms with Crippen LogP contribution >= 0.6 is 11.6 Å². The minimum atomic E-state index is -0.564. The van der Waals surface area contributed by atoms with E-state index in [0.717, 1.165) is 33.3 Å². The molecule has 0 aliphatic carbocycles. The molecule has 0 atom stereocenters. The van der Waals surface area contributed by atoms with Gasteiger partial charge in [-0.3, -0.25) is 9.38 Å². The van der Waals surface area contributed by atoms with E-state index >= 15 is 0 Å². The predicted octanol–water partition coefficient (Wildman–Crippen LogP) is 5.04. The fourth-order valence-corrected chi connectivity index (χ4v) is 3.80. The Balaban J connectivity index is 1.69. The Hall–Kier alpha value is -4.02. The molecule has 8 heteroatoms. The highest BCUT2D eigenvalue weighted by atomic mass is 35.5. The lowest BCUT2D eigenvalue weighted by Gasteiger charge is -2.15. The summed E-state index contributed by atoms with van der Waals surface area (Å²) >= 11 is 6.17. The van der Waals surface area contributed by atoms with Gasteiger partial charge < -0.3 is 5.73 Å². The number of hydrogen-bond donors (Lipinski definition) is 1. The number of fused-ring (bicyclic) bond motifs is 3. The van der Waals surface area contributed by atoms with E-state index in [1.165, 1.54) is 0 Å². The molecular formula is C24H18ClN7. The first-order valence-electron chi connectivity index (χ1n) is 9.95. The molecule has 2 N–H and O–H groups in total. The molecule has 5 rings (SSSR count). The predicted molar refractivity (Wildman–Crippen MR) is 125 cm³/mol. The largest absolute Gasteiger partial charge is 0.382 e. The number of aromatic nitrogens is 5. The van der Waals surface area contributed by atoms with Crippen LogP contribution in [-0.4, -0.2) is 24.6 Å². The van der Waals surface area contributed by atoms with Crippen LogP contribution in [0.1, 0.15) is 19.4 Å². The highest BCUT2D eigenvalue weighted by Crippen LogP contribution is 2.30. The molecule has 0 saturated carbocycles. The Morgan fingerprint density at radius 1 is 0.938 bits per heavy atom. The fraction of sp³-hybridized carbons (Fsp3) is 0.125.